The van der Waals surface area contributed by atoms with Gasteiger partial charge in [-0.25, -0.2) is 4.68 Å². The Labute approximate surface area is 135 Å². The van der Waals surface area contributed by atoms with Gasteiger partial charge in [-0.3, -0.25) is 9.69 Å². The number of aromatic nitrogens is 3. The van der Waals surface area contributed by atoms with Crippen LogP contribution in [-0.2, 0) is 19.3 Å². The van der Waals surface area contributed by atoms with Crippen LogP contribution in [0, 0.1) is 19.8 Å². The predicted octanol–water partition coefficient (Wildman–Crippen LogP) is 2.00. The van der Waals surface area contributed by atoms with Crippen molar-refractivity contribution in [3.05, 3.63) is 45.2 Å². The van der Waals surface area contributed by atoms with Gasteiger partial charge in [0.1, 0.15) is 5.76 Å². The number of nitrogens with zero attached hydrogens (tertiary/aromatic N) is 4. The molecule has 0 aliphatic carbocycles. The van der Waals surface area contributed by atoms with E-state index in [0.717, 1.165) is 27.8 Å². The molecule has 3 heterocycles. The van der Waals surface area contributed by atoms with Crippen LogP contribution in [0.25, 0.3) is 0 Å². The van der Waals surface area contributed by atoms with Gasteiger partial charge in [0.15, 0.2) is 5.69 Å². The first kappa shape index (κ1) is 16.7. The van der Waals surface area contributed by atoms with Crippen LogP contribution in [0.1, 0.15) is 22.7 Å². The molecule has 1 aliphatic rings. The second kappa shape index (κ2) is 6.04. The third kappa shape index (κ3) is 3.35. The molecular weight excluding hydrogens is 325 g/mol. The number of aryl methyl sites for hydroxylation is 2. The van der Waals surface area contributed by atoms with E-state index in [9.17, 15) is 18.0 Å². The SMILES string of the molecule is Cc1noc(C)c1CN1CC(Cn2nc(C(F)(F)F)ccc2=O)C1. The standard InChI is InChI=1S/C15H17F3N4O2/c1-9-12(10(2)24-20-9)8-21-5-11(6-21)7-22-14(23)4-3-13(19-22)15(16,17)18/h3-4,11H,5-8H2,1-2H3. The summed E-state index contributed by atoms with van der Waals surface area (Å²) < 4.78 is 44.1. The molecule has 0 atom stereocenters. The Morgan fingerprint density at radius 2 is 2.00 bits per heavy atom. The van der Waals surface area contributed by atoms with Crippen molar-refractivity contribution in [1.29, 1.82) is 0 Å². The van der Waals surface area contributed by atoms with Crippen molar-refractivity contribution in [1.82, 2.24) is 19.8 Å². The summed E-state index contributed by atoms with van der Waals surface area (Å²) in [6, 6.07) is 1.62. The molecule has 1 aliphatic heterocycles. The van der Waals surface area contributed by atoms with Crippen LogP contribution < -0.4 is 5.56 Å². The van der Waals surface area contributed by atoms with Crippen LogP contribution in [-0.4, -0.2) is 32.9 Å². The summed E-state index contributed by atoms with van der Waals surface area (Å²) in [5.74, 6) is 0.867. The van der Waals surface area contributed by atoms with Gasteiger partial charge in [0.2, 0.25) is 0 Å². The fourth-order valence-electron chi connectivity index (χ4n) is 2.85. The molecule has 1 saturated heterocycles. The van der Waals surface area contributed by atoms with Crippen molar-refractivity contribution < 1.29 is 17.7 Å². The molecule has 3 rings (SSSR count). The van der Waals surface area contributed by atoms with Crippen molar-refractivity contribution >= 4 is 0 Å². The minimum absolute atomic E-state index is 0.0964. The van der Waals surface area contributed by atoms with Crippen LogP contribution >= 0.6 is 0 Å². The van der Waals surface area contributed by atoms with Gasteiger partial charge in [-0.15, -0.1) is 0 Å². The van der Waals surface area contributed by atoms with Crippen molar-refractivity contribution in [3.8, 4) is 0 Å². The molecule has 2 aromatic heterocycles. The van der Waals surface area contributed by atoms with Gasteiger partial charge in [-0.1, -0.05) is 5.16 Å². The number of hydrogen-bond donors (Lipinski definition) is 0. The van der Waals surface area contributed by atoms with Gasteiger partial charge in [-0.2, -0.15) is 18.3 Å². The quantitative estimate of drug-likeness (QED) is 0.850. The van der Waals surface area contributed by atoms with Gasteiger partial charge in [0.05, 0.1) is 12.2 Å². The van der Waals surface area contributed by atoms with Crippen LogP contribution in [0.4, 0.5) is 13.2 Å². The van der Waals surface area contributed by atoms with Gasteiger partial charge in [0, 0.05) is 37.2 Å². The molecule has 6 nitrogen and oxygen atoms in total. The van der Waals surface area contributed by atoms with E-state index in [0.29, 0.717) is 25.7 Å². The highest BCUT2D eigenvalue weighted by atomic mass is 19.4. The van der Waals surface area contributed by atoms with Gasteiger partial charge in [-0.05, 0) is 19.9 Å². The smallest absolute Gasteiger partial charge is 0.361 e. The zero-order valence-corrected chi connectivity index (χ0v) is 13.3. The fraction of sp³-hybridized carbons (Fsp3) is 0.533. The lowest BCUT2D eigenvalue weighted by Crippen LogP contribution is -2.49. The zero-order chi connectivity index (χ0) is 17.5. The third-order valence-electron chi connectivity index (χ3n) is 4.18. The minimum Gasteiger partial charge on any atom is -0.361 e. The Kier molecular flexibility index (Phi) is 4.20. The predicted molar refractivity (Wildman–Crippen MR) is 78.2 cm³/mol. The molecule has 0 unspecified atom stereocenters. The lowest BCUT2D eigenvalue weighted by molar-refractivity contribution is -0.142. The molecular formula is C15H17F3N4O2. The average molecular weight is 342 g/mol. The first-order valence-electron chi connectivity index (χ1n) is 7.53. The molecule has 0 spiro atoms. The van der Waals surface area contributed by atoms with E-state index in [1.807, 2.05) is 13.8 Å². The molecule has 0 amide bonds. The maximum Gasteiger partial charge on any atom is 0.435 e. The second-order valence-electron chi connectivity index (χ2n) is 6.10. The number of rotatable bonds is 4. The van der Waals surface area contributed by atoms with Crippen molar-refractivity contribution in [2.75, 3.05) is 13.1 Å². The van der Waals surface area contributed by atoms with E-state index in [-0.39, 0.29) is 12.5 Å². The minimum atomic E-state index is -4.55. The summed E-state index contributed by atoms with van der Waals surface area (Å²) >= 11 is 0. The Morgan fingerprint density at radius 3 is 2.58 bits per heavy atom. The molecule has 0 aromatic carbocycles. The molecule has 9 heteroatoms. The van der Waals surface area contributed by atoms with Gasteiger partial charge in [0.25, 0.3) is 5.56 Å². The van der Waals surface area contributed by atoms with Crippen LogP contribution in [0.2, 0.25) is 0 Å². The lowest BCUT2D eigenvalue weighted by Gasteiger charge is -2.39. The van der Waals surface area contributed by atoms with E-state index in [4.69, 9.17) is 4.52 Å². The summed E-state index contributed by atoms with van der Waals surface area (Å²) in [4.78, 5) is 13.8. The number of halogens is 3. The highest BCUT2D eigenvalue weighted by Crippen LogP contribution is 2.27. The summed E-state index contributed by atoms with van der Waals surface area (Å²) in [7, 11) is 0. The van der Waals surface area contributed by atoms with E-state index >= 15 is 0 Å². The number of alkyl halides is 3. The molecule has 0 bridgehead atoms. The van der Waals surface area contributed by atoms with Crippen LogP contribution in [0.3, 0.4) is 0 Å². The molecule has 0 N–H and O–H groups in total. The van der Waals surface area contributed by atoms with Gasteiger partial charge >= 0.3 is 6.18 Å². The van der Waals surface area contributed by atoms with E-state index in [1.54, 1.807) is 0 Å². The molecule has 130 valence electrons. The van der Waals surface area contributed by atoms with E-state index in [1.165, 1.54) is 0 Å². The number of hydrogen-bond acceptors (Lipinski definition) is 5. The molecule has 0 saturated carbocycles. The Hall–Kier alpha value is -2.16. The summed E-state index contributed by atoms with van der Waals surface area (Å²) in [6.07, 6.45) is -4.55. The molecule has 0 radical (unpaired) electrons. The molecule has 1 fully saturated rings. The second-order valence-corrected chi connectivity index (χ2v) is 6.10. The van der Waals surface area contributed by atoms with Crippen molar-refractivity contribution in [2.24, 2.45) is 5.92 Å². The summed E-state index contributed by atoms with van der Waals surface area (Å²) in [5.41, 5.74) is 0.302. The van der Waals surface area contributed by atoms with Crippen LogP contribution in [0.5, 0.6) is 0 Å². The molecule has 24 heavy (non-hydrogen) atoms. The maximum absolute atomic E-state index is 12.7. The fourth-order valence-corrected chi connectivity index (χ4v) is 2.85. The van der Waals surface area contributed by atoms with E-state index < -0.39 is 17.4 Å². The normalized spacial score (nSPS) is 16.4. The Bertz CT molecular complexity index is 771. The molecule has 2 aromatic rings. The highest BCUT2D eigenvalue weighted by Gasteiger charge is 2.34. The summed E-state index contributed by atoms with van der Waals surface area (Å²) in [6.45, 7) is 5.96. The maximum atomic E-state index is 12.7. The van der Waals surface area contributed by atoms with Crippen molar-refractivity contribution in [2.45, 2.75) is 33.1 Å². The number of likely N-dealkylation sites (tertiary alicyclic amines) is 1. The van der Waals surface area contributed by atoms with Crippen LogP contribution in [0.15, 0.2) is 21.5 Å². The lowest BCUT2D eigenvalue weighted by atomic mass is 9.99. The Morgan fingerprint density at radius 1 is 1.29 bits per heavy atom. The monoisotopic (exact) mass is 342 g/mol. The topological polar surface area (TPSA) is 64.2 Å². The van der Waals surface area contributed by atoms with E-state index in [2.05, 4.69) is 15.2 Å². The first-order valence-corrected chi connectivity index (χ1v) is 7.53. The largest absolute Gasteiger partial charge is 0.435 e. The third-order valence-corrected chi connectivity index (χ3v) is 4.18. The van der Waals surface area contributed by atoms with Crippen molar-refractivity contribution in [3.63, 3.8) is 0 Å². The summed E-state index contributed by atoms with van der Waals surface area (Å²) in [5, 5.41) is 7.33. The average Bonchev–Trinajstić information content (AvgIpc) is 2.77. The zero-order valence-electron chi connectivity index (χ0n) is 13.3. The van der Waals surface area contributed by atoms with Gasteiger partial charge < -0.3 is 4.52 Å². The Balaban J connectivity index is 1.61. The highest BCUT2D eigenvalue weighted by molar-refractivity contribution is 5.20. The first-order chi connectivity index (χ1) is 11.2.